The second-order valence-corrected chi connectivity index (χ2v) is 7.45. The number of carbonyl (C=O) groups is 1. The normalized spacial score (nSPS) is 23.8. The van der Waals surface area contributed by atoms with E-state index in [1.165, 1.54) is 0 Å². The van der Waals surface area contributed by atoms with Crippen molar-refractivity contribution < 1.29 is 4.79 Å². The van der Waals surface area contributed by atoms with E-state index in [9.17, 15) is 4.79 Å². The van der Waals surface area contributed by atoms with Crippen LogP contribution in [-0.2, 0) is 17.9 Å². The molecule has 2 aromatic heterocycles. The van der Waals surface area contributed by atoms with Gasteiger partial charge in [0.05, 0.1) is 12.0 Å². The summed E-state index contributed by atoms with van der Waals surface area (Å²) < 4.78 is 2.08. The third-order valence-corrected chi connectivity index (χ3v) is 5.71. The number of nitrogens with zero attached hydrogens (tertiary/aromatic N) is 5. The summed E-state index contributed by atoms with van der Waals surface area (Å²) in [5.41, 5.74) is 1.13. The Morgan fingerprint density at radius 2 is 2.12 bits per heavy atom. The van der Waals surface area contributed by atoms with Gasteiger partial charge in [-0.3, -0.25) is 14.7 Å². The predicted molar refractivity (Wildman–Crippen MR) is 99.2 cm³/mol. The molecule has 26 heavy (non-hydrogen) atoms. The molecule has 2 fully saturated rings. The molecule has 4 heterocycles. The van der Waals surface area contributed by atoms with Crippen molar-refractivity contribution in [3.8, 4) is 0 Å². The van der Waals surface area contributed by atoms with Gasteiger partial charge in [0.25, 0.3) is 0 Å². The number of likely N-dealkylation sites (tertiary alicyclic amines) is 2. The van der Waals surface area contributed by atoms with Gasteiger partial charge in [-0.05, 0) is 37.3 Å². The molecule has 138 valence electrons. The molecular formula is C20H27N5O. The molecular weight excluding hydrogens is 326 g/mol. The number of aryl methyl sites for hydroxylation is 1. The molecule has 0 N–H and O–H groups in total. The maximum Gasteiger partial charge on any atom is 0.222 e. The zero-order valence-electron chi connectivity index (χ0n) is 15.2. The summed E-state index contributed by atoms with van der Waals surface area (Å²) in [4.78, 5) is 25.7. The summed E-state index contributed by atoms with van der Waals surface area (Å²) in [6, 6.07) is 6.53. The van der Waals surface area contributed by atoms with Crippen LogP contribution in [-0.4, -0.2) is 55.9 Å². The number of carbonyl (C=O) groups excluding carboxylic acids is 1. The number of imidazole rings is 1. The Kier molecular flexibility index (Phi) is 5.29. The zero-order valence-corrected chi connectivity index (χ0v) is 15.2. The molecule has 2 aliphatic heterocycles. The molecule has 2 atom stereocenters. The summed E-state index contributed by atoms with van der Waals surface area (Å²) in [6.07, 6.45) is 11.3. The SMILES string of the molecule is O=C1CC[C@H]2CN(Cc3ccccn3)CC[C@H]2N1CCCn1ccnc1. The van der Waals surface area contributed by atoms with E-state index in [-0.39, 0.29) is 0 Å². The molecule has 2 aromatic rings. The topological polar surface area (TPSA) is 54.3 Å². The number of aromatic nitrogens is 3. The van der Waals surface area contributed by atoms with Crippen molar-refractivity contribution in [1.82, 2.24) is 24.3 Å². The largest absolute Gasteiger partial charge is 0.339 e. The van der Waals surface area contributed by atoms with Gasteiger partial charge < -0.3 is 9.47 Å². The van der Waals surface area contributed by atoms with Crippen LogP contribution in [0.2, 0.25) is 0 Å². The number of hydrogen-bond acceptors (Lipinski definition) is 4. The molecule has 0 unspecified atom stereocenters. The van der Waals surface area contributed by atoms with Crippen molar-refractivity contribution in [3.05, 3.63) is 48.8 Å². The van der Waals surface area contributed by atoms with Crippen molar-refractivity contribution in [2.75, 3.05) is 19.6 Å². The lowest BCUT2D eigenvalue weighted by atomic mass is 9.83. The lowest BCUT2D eigenvalue weighted by Gasteiger charge is -2.47. The highest BCUT2D eigenvalue weighted by atomic mass is 16.2. The fourth-order valence-electron chi connectivity index (χ4n) is 4.42. The minimum absolute atomic E-state index is 0.343. The Hall–Kier alpha value is -2.21. The Bertz CT molecular complexity index is 702. The van der Waals surface area contributed by atoms with Gasteiger partial charge in [-0.1, -0.05) is 6.07 Å². The van der Waals surface area contributed by atoms with Gasteiger partial charge >= 0.3 is 0 Å². The Labute approximate surface area is 154 Å². The first-order valence-corrected chi connectivity index (χ1v) is 9.67. The molecule has 0 aromatic carbocycles. The van der Waals surface area contributed by atoms with Gasteiger partial charge in [0, 0.05) is 63.8 Å². The summed E-state index contributed by atoms with van der Waals surface area (Å²) >= 11 is 0. The molecule has 2 aliphatic rings. The first kappa shape index (κ1) is 17.2. The molecule has 0 bridgehead atoms. The van der Waals surface area contributed by atoms with Crippen LogP contribution in [0.5, 0.6) is 0 Å². The van der Waals surface area contributed by atoms with Crippen molar-refractivity contribution in [2.24, 2.45) is 5.92 Å². The van der Waals surface area contributed by atoms with E-state index in [1.54, 1.807) is 6.20 Å². The van der Waals surface area contributed by atoms with E-state index < -0.39 is 0 Å². The van der Waals surface area contributed by atoms with Crippen LogP contribution >= 0.6 is 0 Å². The van der Waals surface area contributed by atoms with Crippen molar-refractivity contribution >= 4 is 5.91 Å². The molecule has 2 saturated heterocycles. The minimum atomic E-state index is 0.343. The van der Waals surface area contributed by atoms with Gasteiger partial charge in [-0.2, -0.15) is 0 Å². The van der Waals surface area contributed by atoms with Crippen molar-refractivity contribution in [2.45, 2.75) is 44.8 Å². The van der Waals surface area contributed by atoms with Crippen LogP contribution in [0.3, 0.4) is 0 Å². The molecule has 1 amide bonds. The highest BCUT2D eigenvalue weighted by Gasteiger charge is 2.38. The van der Waals surface area contributed by atoms with Gasteiger partial charge in [0.1, 0.15) is 0 Å². The van der Waals surface area contributed by atoms with Crippen LogP contribution in [0.1, 0.15) is 31.4 Å². The summed E-state index contributed by atoms with van der Waals surface area (Å²) in [6.45, 7) is 4.82. The first-order chi connectivity index (χ1) is 12.8. The van der Waals surface area contributed by atoms with Crippen molar-refractivity contribution in [1.29, 1.82) is 0 Å². The van der Waals surface area contributed by atoms with Gasteiger partial charge in [0.2, 0.25) is 5.91 Å². The Morgan fingerprint density at radius 1 is 1.15 bits per heavy atom. The lowest BCUT2D eigenvalue weighted by Crippen LogP contribution is -2.56. The van der Waals surface area contributed by atoms with Crippen LogP contribution in [0.4, 0.5) is 0 Å². The Morgan fingerprint density at radius 3 is 2.92 bits per heavy atom. The lowest BCUT2D eigenvalue weighted by molar-refractivity contribution is -0.141. The minimum Gasteiger partial charge on any atom is -0.339 e. The number of piperidine rings is 2. The summed E-state index contributed by atoms with van der Waals surface area (Å²) in [7, 11) is 0. The van der Waals surface area contributed by atoms with Gasteiger partial charge in [-0.25, -0.2) is 4.98 Å². The third-order valence-electron chi connectivity index (χ3n) is 5.71. The Balaban J connectivity index is 1.33. The van der Waals surface area contributed by atoms with Crippen LogP contribution in [0.25, 0.3) is 0 Å². The number of rotatable bonds is 6. The zero-order chi connectivity index (χ0) is 17.8. The number of pyridine rings is 1. The average Bonchev–Trinajstić information content (AvgIpc) is 3.18. The number of amides is 1. The molecule has 4 rings (SSSR count). The molecule has 6 heteroatoms. The van der Waals surface area contributed by atoms with Crippen LogP contribution < -0.4 is 0 Å². The average molecular weight is 353 g/mol. The fourth-order valence-corrected chi connectivity index (χ4v) is 4.42. The summed E-state index contributed by atoms with van der Waals surface area (Å²) in [5.74, 6) is 0.938. The molecule has 0 spiro atoms. The van der Waals surface area contributed by atoms with E-state index in [2.05, 4.69) is 36.5 Å². The standard InChI is InChI=1S/C20H27N5O/c26-20-6-5-17-14-24(15-18-4-1-2-8-22-18)12-7-19(17)25(20)11-3-10-23-13-9-21-16-23/h1-2,4,8-9,13,16-17,19H,3,5-7,10-12,14-15H2/t17-,19+/m0/s1. The maximum absolute atomic E-state index is 12.5. The van der Waals surface area contributed by atoms with Crippen LogP contribution in [0, 0.1) is 5.92 Å². The highest BCUT2D eigenvalue weighted by Crippen LogP contribution is 2.31. The highest BCUT2D eigenvalue weighted by molar-refractivity contribution is 5.77. The van der Waals surface area contributed by atoms with E-state index >= 15 is 0 Å². The molecule has 0 radical (unpaired) electrons. The smallest absolute Gasteiger partial charge is 0.222 e. The van der Waals surface area contributed by atoms with E-state index in [0.29, 0.717) is 24.3 Å². The molecule has 0 aliphatic carbocycles. The first-order valence-electron chi connectivity index (χ1n) is 9.67. The monoisotopic (exact) mass is 353 g/mol. The maximum atomic E-state index is 12.5. The quantitative estimate of drug-likeness (QED) is 0.799. The van der Waals surface area contributed by atoms with Gasteiger partial charge in [-0.15, -0.1) is 0 Å². The summed E-state index contributed by atoms with van der Waals surface area (Å²) in [5, 5.41) is 0. The molecule has 6 nitrogen and oxygen atoms in total. The van der Waals surface area contributed by atoms with Crippen molar-refractivity contribution in [3.63, 3.8) is 0 Å². The third kappa shape index (κ3) is 3.96. The number of fused-ring (bicyclic) bond motifs is 1. The van der Waals surface area contributed by atoms with E-state index in [1.807, 2.05) is 24.8 Å². The fraction of sp³-hybridized carbons (Fsp3) is 0.550. The second-order valence-electron chi connectivity index (χ2n) is 7.45. The number of hydrogen-bond donors (Lipinski definition) is 0. The predicted octanol–water partition coefficient (Wildman–Crippen LogP) is 2.18. The molecule has 0 saturated carbocycles. The second kappa shape index (κ2) is 7.99. The van der Waals surface area contributed by atoms with E-state index in [4.69, 9.17) is 0 Å². The van der Waals surface area contributed by atoms with Gasteiger partial charge in [0.15, 0.2) is 0 Å². The van der Waals surface area contributed by atoms with E-state index in [0.717, 1.165) is 57.7 Å². The van der Waals surface area contributed by atoms with Crippen LogP contribution in [0.15, 0.2) is 43.1 Å².